The zero-order valence-corrected chi connectivity index (χ0v) is 15.8. The molecule has 0 unspecified atom stereocenters. The summed E-state index contributed by atoms with van der Waals surface area (Å²) in [6.45, 7) is 2.28. The number of carbonyl (C=O) groups is 4. The van der Waals surface area contributed by atoms with Crippen molar-refractivity contribution in [2.24, 2.45) is 0 Å². The average molecular weight is 398 g/mol. The topological polar surface area (TPSA) is 92.8 Å². The highest BCUT2D eigenvalue weighted by Crippen LogP contribution is 2.28. The van der Waals surface area contributed by atoms with Gasteiger partial charge in [-0.05, 0) is 43.7 Å². The standard InChI is InChI=1S/C21H19FN2O5/c1-13(18(26)14-8-10-16(22)11-9-14)29-17(25)12-24-19(27)21(2,23-20(24)28)15-6-4-3-5-7-15/h3-11,13H,12H2,1-2H3,(H,23,28)/t13-,21-/m1/s1. The van der Waals surface area contributed by atoms with Crippen molar-refractivity contribution in [2.75, 3.05) is 6.54 Å². The Kier molecular flexibility index (Phi) is 5.45. The van der Waals surface area contributed by atoms with E-state index in [2.05, 4.69) is 5.32 Å². The normalized spacial score (nSPS) is 19.6. The van der Waals surface area contributed by atoms with Crippen molar-refractivity contribution in [3.63, 3.8) is 0 Å². The zero-order chi connectivity index (χ0) is 21.2. The molecule has 0 saturated carbocycles. The van der Waals surface area contributed by atoms with Gasteiger partial charge in [-0.1, -0.05) is 30.3 Å². The van der Waals surface area contributed by atoms with Crippen LogP contribution in [0, 0.1) is 5.82 Å². The first-order valence-corrected chi connectivity index (χ1v) is 8.91. The fourth-order valence-corrected chi connectivity index (χ4v) is 3.07. The molecule has 0 spiro atoms. The Hall–Kier alpha value is -3.55. The molecule has 0 aliphatic carbocycles. The maximum atomic E-state index is 13.0. The minimum atomic E-state index is -1.30. The van der Waals surface area contributed by atoms with Crippen molar-refractivity contribution >= 4 is 23.7 Å². The number of hydrogen-bond acceptors (Lipinski definition) is 5. The lowest BCUT2D eigenvalue weighted by atomic mass is 9.92. The van der Waals surface area contributed by atoms with Gasteiger partial charge in [0.1, 0.15) is 17.9 Å². The molecule has 0 bridgehead atoms. The van der Waals surface area contributed by atoms with Gasteiger partial charge in [-0.25, -0.2) is 9.18 Å². The summed E-state index contributed by atoms with van der Waals surface area (Å²) in [6.07, 6.45) is -1.16. The molecule has 29 heavy (non-hydrogen) atoms. The van der Waals surface area contributed by atoms with Crippen LogP contribution in [0.25, 0.3) is 0 Å². The Morgan fingerprint density at radius 1 is 1.10 bits per heavy atom. The largest absolute Gasteiger partial charge is 0.453 e. The maximum Gasteiger partial charge on any atom is 0.326 e. The molecule has 1 saturated heterocycles. The van der Waals surface area contributed by atoms with Crippen molar-refractivity contribution in [1.29, 1.82) is 0 Å². The number of carbonyl (C=O) groups excluding carboxylic acids is 4. The number of ether oxygens (including phenoxy) is 1. The van der Waals surface area contributed by atoms with Gasteiger partial charge in [0.15, 0.2) is 6.10 Å². The van der Waals surface area contributed by atoms with Crippen molar-refractivity contribution in [3.05, 3.63) is 71.5 Å². The quantitative estimate of drug-likeness (QED) is 0.458. The summed E-state index contributed by atoms with van der Waals surface area (Å²) >= 11 is 0. The molecule has 1 aliphatic heterocycles. The Balaban J connectivity index is 1.66. The van der Waals surface area contributed by atoms with Gasteiger partial charge in [0, 0.05) is 5.56 Å². The summed E-state index contributed by atoms with van der Waals surface area (Å²) in [4.78, 5) is 50.3. The van der Waals surface area contributed by atoms with Crippen molar-refractivity contribution < 1.29 is 28.3 Å². The van der Waals surface area contributed by atoms with Gasteiger partial charge >= 0.3 is 12.0 Å². The second-order valence-corrected chi connectivity index (χ2v) is 6.82. The fourth-order valence-electron chi connectivity index (χ4n) is 3.07. The molecule has 8 heteroatoms. The van der Waals surface area contributed by atoms with Crippen LogP contribution in [0.15, 0.2) is 54.6 Å². The molecule has 1 N–H and O–H groups in total. The molecule has 2 atom stereocenters. The van der Waals surface area contributed by atoms with E-state index in [0.717, 1.165) is 17.0 Å². The van der Waals surface area contributed by atoms with Crippen molar-refractivity contribution in [3.8, 4) is 0 Å². The molecule has 2 aromatic rings. The van der Waals surface area contributed by atoms with Crippen LogP contribution >= 0.6 is 0 Å². The Morgan fingerprint density at radius 3 is 2.34 bits per heavy atom. The highest BCUT2D eigenvalue weighted by atomic mass is 19.1. The molecule has 0 radical (unpaired) electrons. The Morgan fingerprint density at radius 2 is 1.72 bits per heavy atom. The molecule has 2 aromatic carbocycles. The first-order valence-electron chi connectivity index (χ1n) is 8.91. The smallest absolute Gasteiger partial charge is 0.326 e. The molecule has 1 heterocycles. The Labute approximate surface area is 166 Å². The predicted molar refractivity (Wildman–Crippen MR) is 100 cm³/mol. The van der Waals surface area contributed by atoms with E-state index in [1.165, 1.54) is 19.1 Å². The highest BCUT2D eigenvalue weighted by molar-refractivity contribution is 6.09. The van der Waals surface area contributed by atoms with Crippen molar-refractivity contribution in [1.82, 2.24) is 10.2 Å². The lowest BCUT2D eigenvalue weighted by Gasteiger charge is -2.22. The third-order valence-electron chi connectivity index (χ3n) is 4.72. The van der Waals surface area contributed by atoms with Crippen LogP contribution in [0.1, 0.15) is 29.8 Å². The van der Waals surface area contributed by atoms with Gasteiger partial charge in [0.25, 0.3) is 5.91 Å². The van der Waals surface area contributed by atoms with Gasteiger partial charge in [-0.3, -0.25) is 19.3 Å². The number of rotatable bonds is 6. The molecular weight excluding hydrogens is 379 g/mol. The number of Topliss-reactive ketones (excluding diaryl/α,β-unsaturated/α-hetero) is 1. The van der Waals surface area contributed by atoms with E-state index >= 15 is 0 Å². The second kappa shape index (κ2) is 7.83. The second-order valence-electron chi connectivity index (χ2n) is 6.82. The monoisotopic (exact) mass is 398 g/mol. The van der Waals surface area contributed by atoms with E-state index in [1.54, 1.807) is 37.3 Å². The van der Waals surface area contributed by atoms with Crippen molar-refractivity contribution in [2.45, 2.75) is 25.5 Å². The molecule has 7 nitrogen and oxygen atoms in total. The van der Waals surface area contributed by atoms with Gasteiger partial charge in [0.05, 0.1) is 0 Å². The lowest BCUT2D eigenvalue weighted by molar-refractivity contribution is -0.149. The fraction of sp³-hybridized carbons (Fsp3) is 0.238. The highest BCUT2D eigenvalue weighted by Gasteiger charge is 2.49. The third-order valence-corrected chi connectivity index (χ3v) is 4.72. The maximum absolute atomic E-state index is 13.0. The van der Waals surface area contributed by atoms with E-state index in [4.69, 9.17) is 4.74 Å². The average Bonchev–Trinajstić information content (AvgIpc) is 2.92. The predicted octanol–water partition coefficient (Wildman–Crippen LogP) is 2.41. The molecule has 1 fully saturated rings. The van der Waals surface area contributed by atoms with Crippen LogP contribution in [0.5, 0.6) is 0 Å². The van der Waals surface area contributed by atoms with Gasteiger partial charge in [0.2, 0.25) is 5.78 Å². The SMILES string of the molecule is C[C@@H](OC(=O)CN1C(=O)N[C@](C)(c2ccccc2)C1=O)C(=O)c1ccc(F)cc1. The Bertz CT molecular complexity index is 961. The summed E-state index contributed by atoms with van der Waals surface area (Å²) in [5, 5.41) is 2.59. The lowest BCUT2D eigenvalue weighted by Crippen LogP contribution is -2.42. The first kappa shape index (κ1) is 20.2. The van der Waals surface area contributed by atoms with Gasteiger partial charge in [-0.15, -0.1) is 0 Å². The van der Waals surface area contributed by atoms with Crippen LogP contribution in [0.3, 0.4) is 0 Å². The number of amides is 3. The molecule has 150 valence electrons. The number of hydrogen-bond donors (Lipinski definition) is 1. The number of halogens is 1. The van der Waals surface area contributed by atoms with Crippen LogP contribution in [0.2, 0.25) is 0 Å². The van der Waals surface area contributed by atoms with E-state index in [9.17, 15) is 23.6 Å². The van der Waals surface area contributed by atoms with Crippen LogP contribution in [0.4, 0.5) is 9.18 Å². The molecule has 1 aliphatic rings. The number of nitrogens with one attached hydrogen (secondary N) is 1. The van der Waals surface area contributed by atoms with Crippen LogP contribution in [-0.2, 0) is 19.9 Å². The molecule has 3 rings (SSSR count). The number of ketones is 1. The van der Waals surface area contributed by atoms with E-state index < -0.39 is 47.7 Å². The number of imide groups is 1. The number of urea groups is 1. The zero-order valence-electron chi connectivity index (χ0n) is 15.8. The number of esters is 1. The minimum Gasteiger partial charge on any atom is -0.453 e. The van der Waals surface area contributed by atoms with Gasteiger partial charge in [-0.2, -0.15) is 0 Å². The third kappa shape index (κ3) is 4.01. The van der Waals surface area contributed by atoms with Crippen LogP contribution in [-0.4, -0.2) is 41.2 Å². The summed E-state index contributed by atoms with van der Waals surface area (Å²) in [5.41, 5.74) is -0.541. The first-order chi connectivity index (χ1) is 13.7. The molecule has 0 aromatic heterocycles. The minimum absolute atomic E-state index is 0.179. The van der Waals surface area contributed by atoms with E-state index in [1.807, 2.05) is 0 Å². The summed E-state index contributed by atoms with van der Waals surface area (Å²) < 4.78 is 18.0. The number of nitrogens with zero attached hydrogens (tertiary/aromatic N) is 1. The molecule has 3 amide bonds. The summed E-state index contributed by atoms with van der Waals surface area (Å²) in [7, 11) is 0. The van der Waals surface area contributed by atoms with Gasteiger partial charge < -0.3 is 10.1 Å². The summed E-state index contributed by atoms with van der Waals surface area (Å²) in [6, 6.07) is 12.7. The summed E-state index contributed by atoms with van der Waals surface area (Å²) in [5.74, 6) is -2.52. The molecular formula is C21H19FN2O5. The number of benzene rings is 2. The van der Waals surface area contributed by atoms with E-state index in [-0.39, 0.29) is 5.56 Å². The van der Waals surface area contributed by atoms with E-state index in [0.29, 0.717) is 5.56 Å². The van der Waals surface area contributed by atoms with Crippen LogP contribution < -0.4 is 5.32 Å².